The monoisotopic (exact) mass is 695 g/mol. The largest absolute Gasteiger partial charge is 0.333 e. The van der Waals surface area contributed by atoms with Crippen LogP contribution in [0.3, 0.4) is 0 Å². The van der Waals surface area contributed by atoms with Crippen molar-refractivity contribution in [3.63, 3.8) is 0 Å². The number of allylic oxidation sites excluding steroid dienone is 5. The first kappa shape index (κ1) is 30.1. The molecule has 1 atom stereocenters. The molecule has 0 aliphatic heterocycles. The molecule has 4 heterocycles. The Morgan fingerprint density at radius 3 is 1.91 bits per heavy atom. The van der Waals surface area contributed by atoms with Gasteiger partial charge in [-0.2, -0.15) is 0 Å². The quantitative estimate of drug-likeness (QED) is 0.163. The summed E-state index contributed by atoms with van der Waals surface area (Å²) in [5.41, 5.74) is 10.3. The van der Waals surface area contributed by atoms with Gasteiger partial charge in [-0.05, 0) is 68.0 Å². The second-order valence-corrected chi connectivity index (χ2v) is 14.9. The highest BCUT2D eigenvalue weighted by Crippen LogP contribution is 2.47. The van der Waals surface area contributed by atoms with Gasteiger partial charge in [0.05, 0.1) is 22.6 Å². The minimum atomic E-state index is 0.135. The van der Waals surface area contributed by atoms with Gasteiger partial charge in [0.1, 0.15) is 5.69 Å². The van der Waals surface area contributed by atoms with E-state index in [1.165, 1.54) is 74.9 Å². The van der Waals surface area contributed by atoms with Crippen LogP contribution in [0.5, 0.6) is 0 Å². The Balaban J connectivity index is 1.18. The van der Waals surface area contributed by atoms with Gasteiger partial charge >= 0.3 is 0 Å². The van der Waals surface area contributed by atoms with Crippen molar-refractivity contribution in [1.82, 2.24) is 13.7 Å². The van der Waals surface area contributed by atoms with Crippen LogP contribution in [0.1, 0.15) is 30.6 Å². The maximum atomic E-state index is 6.48. The Kier molecular flexibility index (Phi) is 6.53. The fourth-order valence-electron chi connectivity index (χ4n) is 9.03. The van der Waals surface area contributed by atoms with Gasteiger partial charge in [-0.15, -0.1) is 17.8 Å². The van der Waals surface area contributed by atoms with Gasteiger partial charge in [-0.25, -0.2) is 0 Å². The molecule has 0 saturated carbocycles. The predicted octanol–water partition coefficient (Wildman–Crippen LogP) is 13.3. The molecule has 3 nitrogen and oxygen atoms in total. The van der Waals surface area contributed by atoms with Crippen molar-refractivity contribution < 1.29 is 0 Å². The van der Waals surface area contributed by atoms with Crippen LogP contribution >= 0.6 is 11.3 Å². The standard InChI is InChI=1S/C49H33N3S/c1-3-15-38-40(4-2)51(32-18-14-19-33(30-32)52-41-23-11-8-20-34(41)35-21-9-12-24-42(35)52)45-29-27-36-37-26-28-44-47(49(37)53-48(36)46(38)45)39-22-10-13-25-43(39)50(44)31-16-6-5-7-17-31/h2-3,5-18,20-30,33H,19H2,1H3/b15-3-. The highest BCUT2D eigenvalue weighted by Gasteiger charge is 2.25. The number of hydrogen-bond acceptors (Lipinski definition) is 1. The van der Waals surface area contributed by atoms with E-state index in [4.69, 9.17) is 6.42 Å². The Labute approximate surface area is 310 Å². The number of aromatic nitrogens is 3. The zero-order chi connectivity index (χ0) is 35.2. The second kappa shape index (κ2) is 11.5. The Morgan fingerprint density at radius 1 is 0.623 bits per heavy atom. The number of benzene rings is 6. The lowest BCUT2D eigenvalue weighted by molar-refractivity contribution is 0.647. The summed E-state index contributed by atoms with van der Waals surface area (Å²) in [6.45, 7) is 2.08. The number of rotatable bonds is 4. The third-order valence-corrected chi connectivity index (χ3v) is 12.4. The molecule has 0 saturated heterocycles. The van der Waals surface area contributed by atoms with E-state index in [2.05, 4.69) is 184 Å². The van der Waals surface area contributed by atoms with Gasteiger partial charge in [0.25, 0.3) is 0 Å². The maximum absolute atomic E-state index is 6.48. The third kappa shape index (κ3) is 4.17. The van der Waals surface area contributed by atoms with Crippen molar-refractivity contribution in [2.45, 2.75) is 19.4 Å². The summed E-state index contributed by atoms with van der Waals surface area (Å²) in [7, 11) is 0. The van der Waals surface area contributed by atoms with E-state index < -0.39 is 0 Å². The van der Waals surface area contributed by atoms with Crippen molar-refractivity contribution in [2.75, 3.05) is 0 Å². The molecule has 0 fully saturated rings. The zero-order valence-corrected chi connectivity index (χ0v) is 29.9. The van der Waals surface area contributed by atoms with E-state index in [-0.39, 0.29) is 6.04 Å². The fourth-order valence-corrected chi connectivity index (χ4v) is 10.4. The van der Waals surface area contributed by atoms with Gasteiger partial charge in [0.15, 0.2) is 0 Å². The summed E-state index contributed by atoms with van der Waals surface area (Å²) in [5.74, 6) is 3.15. The first-order valence-corrected chi connectivity index (χ1v) is 19.0. The predicted molar refractivity (Wildman–Crippen MR) is 228 cm³/mol. The lowest BCUT2D eigenvalue weighted by Gasteiger charge is -2.22. The van der Waals surface area contributed by atoms with Crippen LogP contribution in [0.4, 0.5) is 0 Å². The second-order valence-electron chi connectivity index (χ2n) is 13.9. The molecule has 0 amide bonds. The van der Waals surface area contributed by atoms with E-state index >= 15 is 0 Å². The average Bonchev–Trinajstić information content (AvgIpc) is 3.94. The molecule has 0 N–H and O–H groups in total. The summed E-state index contributed by atoms with van der Waals surface area (Å²) in [4.78, 5) is 0. The topological polar surface area (TPSA) is 14.8 Å². The Bertz CT molecular complexity index is 3220. The van der Waals surface area contributed by atoms with Gasteiger partial charge in [0.2, 0.25) is 0 Å². The van der Waals surface area contributed by atoms with E-state index in [0.717, 1.165) is 28.9 Å². The minimum absolute atomic E-state index is 0.135. The molecule has 6 aromatic carbocycles. The van der Waals surface area contributed by atoms with Crippen LogP contribution < -0.4 is 0 Å². The number of nitrogens with zero attached hydrogens (tertiary/aromatic N) is 3. The molecular formula is C49H33N3S. The molecule has 4 aromatic heterocycles. The lowest BCUT2D eigenvalue weighted by atomic mass is 10.0. The average molecular weight is 696 g/mol. The van der Waals surface area contributed by atoms with Gasteiger partial charge in [-0.1, -0.05) is 109 Å². The van der Waals surface area contributed by atoms with Crippen molar-refractivity contribution in [2.24, 2.45) is 0 Å². The highest BCUT2D eigenvalue weighted by molar-refractivity contribution is 7.27. The molecule has 0 spiro atoms. The van der Waals surface area contributed by atoms with Crippen molar-refractivity contribution in [3.05, 3.63) is 163 Å². The van der Waals surface area contributed by atoms with E-state index in [1.807, 2.05) is 11.3 Å². The van der Waals surface area contributed by atoms with E-state index in [1.54, 1.807) is 0 Å². The van der Waals surface area contributed by atoms with Gasteiger partial charge < -0.3 is 13.7 Å². The van der Waals surface area contributed by atoms with Crippen molar-refractivity contribution in [3.8, 4) is 18.0 Å². The van der Waals surface area contributed by atoms with Crippen LogP contribution in [0.15, 0.2) is 152 Å². The molecule has 1 unspecified atom stereocenters. The van der Waals surface area contributed by atoms with Crippen LogP contribution in [0.25, 0.3) is 92.1 Å². The van der Waals surface area contributed by atoms with E-state index in [9.17, 15) is 0 Å². The summed E-state index contributed by atoms with van der Waals surface area (Å²) < 4.78 is 9.80. The van der Waals surface area contributed by atoms with Crippen molar-refractivity contribution >= 4 is 97.8 Å². The smallest absolute Gasteiger partial charge is 0.105 e. The van der Waals surface area contributed by atoms with Crippen LogP contribution in [0.2, 0.25) is 0 Å². The number of thiophene rings is 1. The zero-order valence-electron chi connectivity index (χ0n) is 29.1. The summed E-state index contributed by atoms with van der Waals surface area (Å²) in [6.07, 6.45) is 18.7. The normalized spacial score (nSPS) is 14.9. The van der Waals surface area contributed by atoms with Crippen LogP contribution in [0, 0.1) is 12.3 Å². The molecule has 53 heavy (non-hydrogen) atoms. The summed E-state index contributed by atoms with van der Waals surface area (Å²) in [6, 6.07) is 46.4. The third-order valence-electron chi connectivity index (χ3n) is 11.1. The van der Waals surface area contributed by atoms with Gasteiger partial charge in [-0.3, -0.25) is 0 Å². The molecule has 10 aromatic rings. The minimum Gasteiger partial charge on any atom is -0.333 e. The number of para-hydroxylation sites is 4. The number of fused-ring (bicyclic) bond motifs is 12. The van der Waals surface area contributed by atoms with Gasteiger partial charge in [0, 0.05) is 75.1 Å². The number of terminal acetylenes is 1. The molecule has 0 radical (unpaired) electrons. The molecule has 4 heteroatoms. The highest BCUT2D eigenvalue weighted by atomic mass is 32.1. The molecule has 250 valence electrons. The first-order chi connectivity index (χ1) is 26.2. The molecule has 11 rings (SSSR count). The van der Waals surface area contributed by atoms with Crippen LogP contribution in [-0.2, 0) is 0 Å². The van der Waals surface area contributed by atoms with Crippen LogP contribution in [-0.4, -0.2) is 13.7 Å². The van der Waals surface area contributed by atoms with Crippen molar-refractivity contribution in [1.29, 1.82) is 0 Å². The first-order valence-electron chi connectivity index (χ1n) is 18.2. The number of hydrogen-bond donors (Lipinski definition) is 0. The molecule has 1 aliphatic rings. The molecular weight excluding hydrogens is 663 g/mol. The summed E-state index contributed by atoms with van der Waals surface area (Å²) in [5, 5.41) is 8.89. The summed E-state index contributed by atoms with van der Waals surface area (Å²) >= 11 is 1.89. The fraction of sp³-hybridized carbons (Fsp3) is 0.0612. The SMILES string of the molecule is C#Cc1c(/C=C\C)c2c3sc4c(ccc5c4c4ccccc4n5-c4ccccc4)c3ccc2n1C1=CC(n2c3ccccc3c3ccccc32)CC=C1. The lowest BCUT2D eigenvalue weighted by Crippen LogP contribution is -2.11. The Hall–Kier alpha value is -6.54. The maximum Gasteiger partial charge on any atom is 0.105 e. The molecule has 1 aliphatic carbocycles. The molecule has 0 bridgehead atoms. The van der Waals surface area contributed by atoms with E-state index in [0.29, 0.717) is 0 Å². The Morgan fingerprint density at radius 2 is 1.23 bits per heavy atom.